The lowest BCUT2D eigenvalue weighted by atomic mass is 9.82. The van der Waals surface area contributed by atoms with Gasteiger partial charge in [0.15, 0.2) is 0 Å². The first-order chi connectivity index (χ1) is 12.2. The summed E-state index contributed by atoms with van der Waals surface area (Å²) in [7, 11) is 1.69. The summed E-state index contributed by atoms with van der Waals surface area (Å²) in [6.45, 7) is 3.66. The molecule has 2 aromatic rings. The van der Waals surface area contributed by atoms with Gasteiger partial charge in [-0.15, -0.1) is 0 Å². The minimum Gasteiger partial charge on any atom is -0.497 e. The number of aromatic nitrogens is 1. The number of carbonyl (C=O) groups is 1. The molecule has 1 fully saturated rings. The Hall–Kier alpha value is -2.43. The molecule has 0 saturated carbocycles. The Morgan fingerprint density at radius 1 is 1.28 bits per heavy atom. The van der Waals surface area contributed by atoms with Crippen LogP contribution in [0.3, 0.4) is 0 Å². The monoisotopic (exact) mass is 339 g/mol. The Bertz CT molecular complexity index is 788. The van der Waals surface area contributed by atoms with E-state index in [0.717, 1.165) is 49.5 Å². The maximum absolute atomic E-state index is 12.2. The fourth-order valence-corrected chi connectivity index (χ4v) is 4.15. The Kier molecular flexibility index (Phi) is 3.94. The Morgan fingerprint density at radius 2 is 2.08 bits per heavy atom. The molecule has 1 aromatic carbocycles. The van der Waals surface area contributed by atoms with Crippen LogP contribution in [0.1, 0.15) is 38.3 Å². The number of piperidine rings is 1. The number of benzene rings is 1. The molecule has 25 heavy (non-hydrogen) atoms. The smallest absolute Gasteiger partial charge is 0.222 e. The fraction of sp³-hybridized carbons (Fsp3) is 0.450. The predicted molar refractivity (Wildman–Crippen MR) is 98.3 cm³/mol. The van der Waals surface area contributed by atoms with Crippen LogP contribution in [0.15, 0.2) is 36.5 Å². The number of nitrogens with one attached hydrogen (secondary N) is 1. The van der Waals surface area contributed by atoms with Crippen LogP contribution in [-0.2, 0) is 10.3 Å². The number of nitrogens with zero attached hydrogens (tertiary/aromatic N) is 2. The van der Waals surface area contributed by atoms with Crippen molar-refractivity contribution in [1.82, 2.24) is 9.47 Å². The van der Waals surface area contributed by atoms with Crippen molar-refractivity contribution in [3.8, 4) is 11.4 Å². The van der Waals surface area contributed by atoms with Crippen LogP contribution in [0.5, 0.6) is 5.75 Å². The molecule has 1 spiro atoms. The number of carbonyl (C=O) groups excluding carboxylic acids is 1. The van der Waals surface area contributed by atoms with E-state index < -0.39 is 0 Å². The van der Waals surface area contributed by atoms with Crippen LogP contribution in [0.25, 0.3) is 5.69 Å². The third kappa shape index (κ3) is 2.58. The lowest BCUT2D eigenvalue weighted by molar-refractivity contribution is -0.132. The Morgan fingerprint density at radius 3 is 2.80 bits per heavy atom. The van der Waals surface area contributed by atoms with E-state index in [2.05, 4.69) is 47.3 Å². The standard InChI is InChI=1S/C20H25N3O2/c1-3-5-19(24)22-12-9-20(10-13-22)18-6-4-11-23(18)17-8-7-15(25-2)14-16(17)21-20/h4,6-8,11,14,21H,3,5,9-10,12-13H2,1-2H3. The fourth-order valence-electron chi connectivity index (χ4n) is 4.15. The Labute approximate surface area is 148 Å². The molecule has 1 saturated heterocycles. The molecular formula is C20H25N3O2. The maximum atomic E-state index is 12.2. The second-order valence-electron chi connectivity index (χ2n) is 6.98. The van der Waals surface area contributed by atoms with E-state index in [9.17, 15) is 4.79 Å². The number of anilines is 1. The number of fused-ring (bicyclic) bond motifs is 4. The number of methoxy groups -OCH3 is 1. The molecule has 1 aromatic heterocycles. The zero-order valence-electron chi connectivity index (χ0n) is 14.9. The van der Waals surface area contributed by atoms with Gasteiger partial charge in [0.2, 0.25) is 5.91 Å². The molecule has 5 heteroatoms. The quantitative estimate of drug-likeness (QED) is 0.930. The highest BCUT2D eigenvalue weighted by Crippen LogP contribution is 2.44. The molecule has 3 heterocycles. The first-order valence-electron chi connectivity index (χ1n) is 9.09. The van der Waals surface area contributed by atoms with E-state index in [1.54, 1.807) is 7.11 Å². The van der Waals surface area contributed by atoms with E-state index in [0.29, 0.717) is 6.42 Å². The first-order valence-corrected chi connectivity index (χ1v) is 9.09. The van der Waals surface area contributed by atoms with Crippen LogP contribution in [-0.4, -0.2) is 35.6 Å². The summed E-state index contributed by atoms with van der Waals surface area (Å²) in [5, 5.41) is 3.78. The zero-order chi connectivity index (χ0) is 17.4. The molecule has 1 N–H and O–H groups in total. The second kappa shape index (κ2) is 6.14. The van der Waals surface area contributed by atoms with Gasteiger partial charge in [-0.25, -0.2) is 0 Å². The van der Waals surface area contributed by atoms with Crippen molar-refractivity contribution in [1.29, 1.82) is 0 Å². The van der Waals surface area contributed by atoms with E-state index in [4.69, 9.17) is 4.74 Å². The highest BCUT2D eigenvalue weighted by atomic mass is 16.5. The minimum atomic E-state index is -0.119. The lowest BCUT2D eigenvalue weighted by Gasteiger charge is -2.46. The van der Waals surface area contributed by atoms with Crippen LogP contribution in [0.4, 0.5) is 5.69 Å². The van der Waals surface area contributed by atoms with E-state index in [1.807, 2.05) is 11.0 Å². The number of ether oxygens (including phenoxy) is 1. The van der Waals surface area contributed by atoms with Crippen LogP contribution < -0.4 is 10.1 Å². The summed E-state index contributed by atoms with van der Waals surface area (Å²) in [4.78, 5) is 14.2. The molecule has 0 atom stereocenters. The Balaban J connectivity index is 1.65. The van der Waals surface area contributed by atoms with E-state index >= 15 is 0 Å². The molecule has 132 valence electrons. The van der Waals surface area contributed by atoms with Crippen molar-refractivity contribution in [2.24, 2.45) is 0 Å². The molecular weight excluding hydrogens is 314 g/mol. The van der Waals surface area contributed by atoms with Gasteiger partial charge in [0, 0.05) is 37.5 Å². The van der Waals surface area contributed by atoms with Crippen molar-refractivity contribution in [2.45, 2.75) is 38.1 Å². The summed E-state index contributed by atoms with van der Waals surface area (Å²) < 4.78 is 7.67. The number of hydrogen-bond acceptors (Lipinski definition) is 3. The van der Waals surface area contributed by atoms with Crippen molar-refractivity contribution in [3.05, 3.63) is 42.2 Å². The average Bonchev–Trinajstić information content (AvgIpc) is 3.13. The molecule has 0 radical (unpaired) electrons. The lowest BCUT2D eigenvalue weighted by Crippen LogP contribution is -2.51. The third-order valence-electron chi connectivity index (χ3n) is 5.51. The molecule has 1 amide bonds. The highest BCUT2D eigenvalue weighted by Gasteiger charge is 2.42. The van der Waals surface area contributed by atoms with Gasteiger partial charge in [0.25, 0.3) is 0 Å². The molecule has 5 nitrogen and oxygen atoms in total. The number of rotatable bonds is 3. The zero-order valence-corrected chi connectivity index (χ0v) is 14.9. The summed E-state index contributed by atoms with van der Waals surface area (Å²) in [5.41, 5.74) is 3.41. The highest BCUT2D eigenvalue weighted by molar-refractivity contribution is 5.76. The van der Waals surface area contributed by atoms with E-state index in [-0.39, 0.29) is 11.4 Å². The van der Waals surface area contributed by atoms with Gasteiger partial charge in [-0.1, -0.05) is 6.92 Å². The third-order valence-corrected chi connectivity index (χ3v) is 5.51. The van der Waals surface area contributed by atoms with Gasteiger partial charge < -0.3 is 19.5 Å². The van der Waals surface area contributed by atoms with Crippen LogP contribution >= 0.6 is 0 Å². The second-order valence-corrected chi connectivity index (χ2v) is 6.98. The maximum Gasteiger partial charge on any atom is 0.222 e. The van der Waals surface area contributed by atoms with Gasteiger partial charge >= 0.3 is 0 Å². The summed E-state index contributed by atoms with van der Waals surface area (Å²) in [6.07, 6.45) is 5.52. The van der Waals surface area contributed by atoms with Gasteiger partial charge in [-0.05, 0) is 43.5 Å². The average molecular weight is 339 g/mol. The largest absolute Gasteiger partial charge is 0.497 e. The van der Waals surface area contributed by atoms with Crippen molar-refractivity contribution >= 4 is 11.6 Å². The van der Waals surface area contributed by atoms with Crippen molar-refractivity contribution < 1.29 is 9.53 Å². The van der Waals surface area contributed by atoms with Gasteiger partial charge in [0.05, 0.1) is 24.0 Å². The number of likely N-dealkylation sites (tertiary alicyclic amines) is 1. The molecule has 0 bridgehead atoms. The number of amides is 1. The van der Waals surface area contributed by atoms with Gasteiger partial charge in [-0.3, -0.25) is 4.79 Å². The molecule has 0 unspecified atom stereocenters. The minimum absolute atomic E-state index is 0.119. The molecule has 4 rings (SSSR count). The van der Waals surface area contributed by atoms with Crippen LogP contribution in [0, 0.1) is 0 Å². The van der Waals surface area contributed by atoms with E-state index in [1.165, 1.54) is 5.69 Å². The normalized spacial score (nSPS) is 17.6. The topological polar surface area (TPSA) is 46.5 Å². The summed E-state index contributed by atoms with van der Waals surface area (Å²) in [5.74, 6) is 1.14. The van der Waals surface area contributed by atoms with Crippen molar-refractivity contribution in [2.75, 3.05) is 25.5 Å². The van der Waals surface area contributed by atoms with Crippen molar-refractivity contribution in [3.63, 3.8) is 0 Å². The summed E-state index contributed by atoms with van der Waals surface area (Å²) >= 11 is 0. The molecule has 2 aliphatic rings. The van der Waals surface area contributed by atoms with Gasteiger partial charge in [0.1, 0.15) is 5.75 Å². The predicted octanol–water partition coefficient (Wildman–Crippen LogP) is 3.53. The van der Waals surface area contributed by atoms with Gasteiger partial charge in [-0.2, -0.15) is 0 Å². The first kappa shape index (κ1) is 16.1. The number of hydrogen-bond donors (Lipinski definition) is 1. The van der Waals surface area contributed by atoms with Crippen LogP contribution in [0.2, 0.25) is 0 Å². The summed E-state index contributed by atoms with van der Waals surface area (Å²) in [6, 6.07) is 10.5. The molecule has 2 aliphatic heterocycles. The molecule has 0 aliphatic carbocycles. The SMILES string of the molecule is CCCC(=O)N1CCC2(CC1)Nc1cc(OC)ccc1-n1cccc12.